The van der Waals surface area contributed by atoms with E-state index in [9.17, 15) is 22.8 Å². The van der Waals surface area contributed by atoms with Crippen molar-refractivity contribution in [1.29, 1.82) is 0 Å². The number of aromatic nitrogens is 2. The average Bonchev–Trinajstić information content (AvgIpc) is 2.27. The molecule has 0 bridgehead atoms. The van der Waals surface area contributed by atoms with Crippen molar-refractivity contribution in [2.45, 2.75) is 6.18 Å². The molecule has 0 radical (unpaired) electrons. The number of nitrogens with zero attached hydrogens (tertiary/aromatic N) is 3. The second-order valence-electron chi connectivity index (χ2n) is 3.06. The number of hydrogen-bond acceptors (Lipinski definition) is 5. The summed E-state index contributed by atoms with van der Waals surface area (Å²) in [6.45, 7) is 2.93. The number of amides is 1. The number of halogens is 3. The molecule has 0 spiro atoms. The van der Waals surface area contributed by atoms with Crippen LogP contribution in [0, 0.1) is 0 Å². The number of amidine groups is 1. The molecule has 0 saturated carbocycles. The first-order chi connectivity index (χ1) is 8.74. The maximum atomic E-state index is 12.4. The Morgan fingerprint density at radius 1 is 1.53 bits per heavy atom. The third-order valence-electron chi connectivity index (χ3n) is 1.68. The molecule has 0 atom stereocenters. The standard InChI is InChI=1S/C8H7F3N6O2/c1-13-17-5(12)6(19)16-7-14-3(8(9,10)11)2-4(18)15-7/h2H,1H2,(H2,12,17)(H2,14,15,16,18,19). The monoisotopic (exact) mass is 276 g/mol. The molecule has 0 unspecified atom stereocenters. The third-order valence-corrected chi connectivity index (χ3v) is 1.68. The highest BCUT2D eigenvalue weighted by Gasteiger charge is 2.33. The number of anilines is 1. The van der Waals surface area contributed by atoms with Gasteiger partial charge in [-0.3, -0.25) is 19.9 Å². The summed E-state index contributed by atoms with van der Waals surface area (Å²) in [7, 11) is 0. The third kappa shape index (κ3) is 3.90. The second kappa shape index (κ2) is 5.29. The van der Waals surface area contributed by atoms with E-state index in [-0.39, 0.29) is 6.07 Å². The average molecular weight is 276 g/mol. The lowest BCUT2D eigenvalue weighted by Gasteiger charge is -2.07. The van der Waals surface area contributed by atoms with E-state index < -0.39 is 35.1 Å². The molecule has 1 rings (SSSR count). The Balaban J connectivity index is 3.07. The van der Waals surface area contributed by atoms with Gasteiger partial charge >= 0.3 is 6.18 Å². The van der Waals surface area contributed by atoms with E-state index in [0.717, 1.165) is 0 Å². The topological polar surface area (TPSA) is 126 Å². The van der Waals surface area contributed by atoms with E-state index in [1.54, 1.807) is 0 Å². The lowest BCUT2D eigenvalue weighted by atomic mass is 10.4. The first kappa shape index (κ1) is 14.3. The van der Waals surface area contributed by atoms with Gasteiger partial charge < -0.3 is 5.73 Å². The molecule has 4 N–H and O–H groups in total. The summed E-state index contributed by atoms with van der Waals surface area (Å²) in [6.07, 6.45) is -4.82. The number of nitrogens with one attached hydrogen (secondary N) is 2. The highest BCUT2D eigenvalue weighted by Crippen LogP contribution is 2.26. The highest BCUT2D eigenvalue weighted by molar-refractivity contribution is 6.41. The Hall–Kier alpha value is -2.72. The molecule has 1 amide bonds. The number of carbonyl (C=O) groups excluding carboxylic acids is 1. The lowest BCUT2D eigenvalue weighted by molar-refractivity contribution is -0.141. The van der Waals surface area contributed by atoms with Crippen LogP contribution in [0.5, 0.6) is 0 Å². The van der Waals surface area contributed by atoms with Crippen LogP contribution < -0.4 is 16.6 Å². The van der Waals surface area contributed by atoms with Crippen LogP contribution in [0.15, 0.2) is 21.1 Å². The van der Waals surface area contributed by atoms with E-state index in [0.29, 0.717) is 0 Å². The molecule has 0 aliphatic carbocycles. The molecular formula is C8H7F3N6O2. The lowest BCUT2D eigenvalue weighted by Crippen LogP contribution is -2.31. The van der Waals surface area contributed by atoms with Gasteiger partial charge in [0.15, 0.2) is 5.69 Å². The fourth-order valence-electron chi connectivity index (χ4n) is 0.955. The molecule has 1 aromatic rings. The van der Waals surface area contributed by atoms with Crippen LogP contribution in [0.25, 0.3) is 0 Å². The van der Waals surface area contributed by atoms with Crippen molar-refractivity contribution in [3.63, 3.8) is 0 Å². The Morgan fingerprint density at radius 2 is 2.16 bits per heavy atom. The van der Waals surface area contributed by atoms with Crippen molar-refractivity contribution in [3.8, 4) is 0 Å². The maximum Gasteiger partial charge on any atom is 0.433 e. The molecule has 0 aliphatic rings. The van der Waals surface area contributed by atoms with Crippen LogP contribution in [0.3, 0.4) is 0 Å². The smallest absolute Gasteiger partial charge is 0.378 e. The summed E-state index contributed by atoms with van der Waals surface area (Å²) in [6, 6.07) is 0.248. The maximum absolute atomic E-state index is 12.4. The fourth-order valence-corrected chi connectivity index (χ4v) is 0.955. The van der Waals surface area contributed by atoms with Crippen LogP contribution in [0.4, 0.5) is 19.1 Å². The molecule has 0 aliphatic heterocycles. The molecule has 0 saturated heterocycles. The minimum Gasteiger partial charge on any atom is -0.378 e. The Labute approximate surface area is 103 Å². The Morgan fingerprint density at radius 3 is 2.68 bits per heavy atom. The van der Waals surface area contributed by atoms with E-state index in [1.807, 2.05) is 10.3 Å². The zero-order chi connectivity index (χ0) is 14.6. The van der Waals surface area contributed by atoms with Gasteiger partial charge in [-0.15, -0.1) is 5.10 Å². The van der Waals surface area contributed by atoms with Crippen LogP contribution >= 0.6 is 0 Å². The predicted molar refractivity (Wildman–Crippen MR) is 59.7 cm³/mol. The minimum absolute atomic E-state index is 0.248. The summed E-state index contributed by atoms with van der Waals surface area (Å²) in [5.74, 6) is -2.46. The van der Waals surface area contributed by atoms with Crippen molar-refractivity contribution >= 4 is 24.4 Å². The number of carbonyl (C=O) groups is 1. The zero-order valence-corrected chi connectivity index (χ0v) is 9.15. The van der Waals surface area contributed by atoms with Crippen molar-refractivity contribution in [2.24, 2.45) is 15.9 Å². The number of aromatic amines is 1. The number of nitrogens with two attached hydrogens (primary N) is 1. The number of H-pyrrole nitrogens is 1. The molecular weight excluding hydrogens is 269 g/mol. The van der Waals surface area contributed by atoms with Gasteiger partial charge in [-0.1, -0.05) is 0 Å². The van der Waals surface area contributed by atoms with Crippen LogP contribution in [-0.2, 0) is 11.0 Å². The number of rotatable bonds is 2. The van der Waals surface area contributed by atoms with E-state index in [4.69, 9.17) is 5.73 Å². The zero-order valence-electron chi connectivity index (χ0n) is 9.15. The van der Waals surface area contributed by atoms with E-state index in [2.05, 4.69) is 21.9 Å². The second-order valence-corrected chi connectivity index (χ2v) is 3.06. The summed E-state index contributed by atoms with van der Waals surface area (Å²) in [4.78, 5) is 27.2. The highest BCUT2D eigenvalue weighted by atomic mass is 19.4. The van der Waals surface area contributed by atoms with Gasteiger partial charge in [-0.2, -0.15) is 18.3 Å². The molecule has 8 nitrogen and oxygen atoms in total. The molecule has 19 heavy (non-hydrogen) atoms. The predicted octanol–water partition coefficient (Wildman–Crippen LogP) is -0.300. The first-order valence-corrected chi connectivity index (χ1v) is 4.53. The van der Waals surface area contributed by atoms with Crippen molar-refractivity contribution < 1.29 is 18.0 Å². The minimum atomic E-state index is -4.82. The summed E-state index contributed by atoms with van der Waals surface area (Å²) >= 11 is 0. The molecule has 0 fully saturated rings. The van der Waals surface area contributed by atoms with Gasteiger partial charge in [0, 0.05) is 12.8 Å². The molecule has 11 heteroatoms. The van der Waals surface area contributed by atoms with Crippen molar-refractivity contribution in [2.75, 3.05) is 5.32 Å². The molecule has 0 aromatic carbocycles. The van der Waals surface area contributed by atoms with Crippen LogP contribution in [0.2, 0.25) is 0 Å². The number of alkyl halides is 3. The number of hydrogen-bond donors (Lipinski definition) is 3. The molecule has 1 aromatic heterocycles. The molecule has 1 heterocycles. The summed E-state index contributed by atoms with van der Waals surface area (Å²) in [5.41, 5.74) is 2.56. The summed E-state index contributed by atoms with van der Waals surface area (Å²) in [5, 5.41) is 7.85. The van der Waals surface area contributed by atoms with Gasteiger partial charge in [-0.25, -0.2) is 4.98 Å². The van der Waals surface area contributed by atoms with Crippen LogP contribution in [-0.4, -0.2) is 28.4 Å². The van der Waals surface area contributed by atoms with E-state index >= 15 is 0 Å². The first-order valence-electron chi connectivity index (χ1n) is 4.53. The normalized spacial score (nSPS) is 12.1. The largest absolute Gasteiger partial charge is 0.433 e. The van der Waals surface area contributed by atoms with E-state index in [1.165, 1.54) is 0 Å². The van der Waals surface area contributed by atoms with Crippen molar-refractivity contribution in [3.05, 3.63) is 22.1 Å². The van der Waals surface area contributed by atoms with Crippen LogP contribution in [0.1, 0.15) is 5.69 Å². The Bertz CT molecular complexity index is 591. The quantitative estimate of drug-likeness (QED) is 0.389. The van der Waals surface area contributed by atoms with Gasteiger partial charge in [0.25, 0.3) is 11.5 Å². The van der Waals surface area contributed by atoms with Gasteiger partial charge in [0.1, 0.15) is 0 Å². The van der Waals surface area contributed by atoms with Gasteiger partial charge in [-0.05, 0) is 0 Å². The fraction of sp³-hybridized carbons (Fsp3) is 0.125. The van der Waals surface area contributed by atoms with Gasteiger partial charge in [0.05, 0.1) is 0 Å². The molecule has 102 valence electrons. The van der Waals surface area contributed by atoms with Gasteiger partial charge in [0.2, 0.25) is 11.8 Å². The Kier molecular flexibility index (Phi) is 3.99. The summed E-state index contributed by atoms with van der Waals surface area (Å²) < 4.78 is 37.1. The van der Waals surface area contributed by atoms with Crippen molar-refractivity contribution in [1.82, 2.24) is 9.97 Å². The SMILES string of the molecule is C=NN=C(N)C(=O)Nc1nc(C(F)(F)F)cc(=O)[nH]1.